The predicted octanol–water partition coefficient (Wildman–Crippen LogP) is 3.82. The maximum absolute atomic E-state index is 13.2. The van der Waals surface area contributed by atoms with Crippen LogP contribution in [0.1, 0.15) is 11.1 Å². The predicted molar refractivity (Wildman–Crippen MR) is 78.5 cm³/mol. The van der Waals surface area contributed by atoms with Gasteiger partial charge in [-0.15, -0.1) is 0 Å². The molecule has 5 heteroatoms. The van der Waals surface area contributed by atoms with Crippen LogP contribution in [0.4, 0.5) is 4.39 Å². The molecule has 0 saturated carbocycles. The van der Waals surface area contributed by atoms with Crippen LogP contribution in [0.2, 0.25) is 5.02 Å². The van der Waals surface area contributed by atoms with E-state index < -0.39 is 11.8 Å². The van der Waals surface area contributed by atoms with Crippen LogP contribution in [-0.4, -0.2) is 11.9 Å². The van der Waals surface area contributed by atoms with Gasteiger partial charge in [-0.1, -0.05) is 29.8 Å². The molecule has 0 atom stereocenters. The third-order valence-corrected chi connectivity index (χ3v) is 3.12. The lowest BCUT2D eigenvalue weighted by Gasteiger charge is -1.98. The summed E-state index contributed by atoms with van der Waals surface area (Å²) in [4.78, 5) is 15.9. The number of esters is 1. The molecule has 0 aromatic heterocycles. The topological polar surface area (TPSA) is 38.7 Å². The van der Waals surface area contributed by atoms with Crippen molar-refractivity contribution in [1.82, 2.24) is 0 Å². The molecule has 0 spiro atoms. The maximum atomic E-state index is 13.2. The Labute approximate surface area is 125 Å². The first kappa shape index (κ1) is 13.5. The average Bonchev–Trinajstić information content (AvgIpc) is 2.83. The fourth-order valence-electron chi connectivity index (χ4n) is 1.87. The molecular weight excluding hydrogens is 293 g/mol. The highest BCUT2D eigenvalue weighted by Gasteiger charge is 2.24. The summed E-state index contributed by atoms with van der Waals surface area (Å²) in [6.45, 7) is 0. The minimum atomic E-state index is -0.566. The number of carbonyl (C=O) groups is 1. The van der Waals surface area contributed by atoms with Gasteiger partial charge in [0.15, 0.2) is 5.70 Å². The van der Waals surface area contributed by atoms with Crippen molar-refractivity contribution in [2.24, 2.45) is 4.99 Å². The second-order valence-electron chi connectivity index (χ2n) is 4.40. The Balaban J connectivity index is 1.93. The molecule has 0 amide bonds. The van der Waals surface area contributed by atoms with Crippen molar-refractivity contribution in [1.29, 1.82) is 0 Å². The molecule has 0 radical (unpaired) electrons. The molecule has 1 aliphatic heterocycles. The highest BCUT2D eigenvalue weighted by Crippen LogP contribution is 2.20. The number of nitrogens with zero attached hydrogens (tertiary/aromatic N) is 1. The molecular formula is C16H9ClFNO2. The summed E-state index contributed by atoms with van der Waals surface area (Å²) >= 11 is 5.80. The Hall–Kier alpha value is -2.46. The van der Waals surface area contributed by atoms with E-state index in [-0.39, 0.29) is 11.6 Å². The second-order valence-corrected chi connectivity index (χ2v) is 4.83. The molecule has 3 nitrogen and oxygen atoms in total. The molecule has 0 fully saturated rings. The lowest BCUT2D eigenvalue weighted by atomic mass is 10.2. The van der Waals surface area contributed by atoms with E-state index in [1.54, 1.807) is 36.4 Å². The molecule has 0 saturated heterocycles. The standard InChI is InChI=1S/C16H9ClFNO2/c17-12-6-4-10(5-7-12)8-14-16(20)21-15(19-14)11-2-1-3-13(18)9-11/h1-9H/b14-8+. The van der Waals surface area contributed by atoms with E-state index in [0.29, 0.717) is 10.6 Å². The first-order valence-electron chi connectivity index (χ1n) is 6.16. The molecule has 2 aromatic carbocycles. The zero-order chi connectivity index (χ0) is 14.8. The second kappa shape index (κ2) is 5.50. The average molecular weight is 302 g/mol. The van der Waals surface area contributed by atoms with E-state index in [0.717, 1.165) is 5.56 Å². The van der Waals surface area contributed by atoms with Gasteiger partial charge >= 0.3 is 5.97 Å². The van der Waals surface area contributed by atoms with Crippen LogP contribution in [0.25, 0.3) is 6.08 Å². The van der Waals surface area contributed by atoms with E-state index >= 15 is 0 Å². The van der Waals surface area contributed by atoms with Gasteiger partial charge in [-0.25, -0.2) is 14.2 Å². The lowest BCUT2D eigenvalue weighted by Crippen LogP contribution is -2.05. The summed E-state index contributed by atoms with van der Waals surface area (Å²) < 4.78 is 18.2. The summed E-state index contributed by atoms with van der Waals surface area (Å²) in [5, 5.41) is 0.607. The largest absolute Gasteiger partial charge is 0.402 e. The van der Waals surface area contributed by atoms with Crippen molar-refractivity contribution in [3.8, 4) is 0 Å². The molecule has 1 aliphatic rings. The molecule has 2 aromatic rings. The van der Waals surface area contributed by atoms with E-state index in [9.17, 15) is 9.18 Å². The van der Waals surface area contributed by atoms with Crippen LogP contribution in [0.3, 0.4) is 0 Å². The fourth-order valence-corrected chi connectivity index (χ4v) is 2.00. The van der Waals surface area contributed by atoms with Crippen LogP contribution in [0, 0.1) is 5.82 Å². The zero-order valence-corrected chi connectivity index (χ0v) is 11.5. The minimum absolute atomic E-state index is 0.0970. The number of cyclic esters (lactones) is 1. The van der Waals surface area contributed by atoms with Crippen molar-refractivity contribution in [3.63, 3.8) is 0 Å². The number of aliphatic imine (C=N–C) groups is 1. The van der Waals surface area contributed by atoms with Crippen LogP contribution >= 0.6 is 11.6 Å². The fraction of sp³-hybridized carbons (Fsp3) is 0. The Morgan fingerprint density at radius 1 is 1.14 bits per heavy atom. The molecule has 0 unspecified atom stereocenters. The summed E-state index contributed by atoms with van der Waals surface area (Å²) in [7, 11) is 0. The van der Waals surface area contributed by atoms with Gasteiger partial charge in [-0.05, 0) is 42.0 Å². The molecule has 21 heavy (non-hydrogen) atoms. The normalized spacial score (nSPS) is 16.0. The number of halogens is 2. The summed E-state index contributed by atoms with van der Waals surface area (Å²) in [6.07, 6.45) is 1.59. The minimum Gasteiger partial charge on any atom is -0.402 e. The number of hydrogen-bond acceptors (Lipinski definition) is 3. The number of ether oxygens (including phenoxy) is 1. The Morgan fingerprint density at radius 2 is 1.90 bits per heavy atom. The Bertz CT molecular complexity index is 766. The summed E-state index contributed by atoms with van der Waals surface area (Å²) in [5.41, 5.74) is 1.36. The van der Waals surface area contributed by atoms with Crippen LogP contribution in [0.15, 0.2) is 59.2 Å². The molecule has 104 valence electrons. The molecule has 0 N–H and O–H groups in total. The van der Waals surface area contributed by atoms with Gasteiger partial charge in [0, 0.05) is 10.6 Å². The number of benzene rings is 2. The number of carbonyl (C=O) groups excluding carboxylic acids is 1. The van der Waals surface area contributed by atoms with Crippen LogP contribution in [0.5, 0.6) is 0 Å². The smallest absolute Gasteiger partial charge is 0.363 e. The van der Waals surface area contributed by atoms with Crippen molar-refractivity contribution in [3.05, 3.63) is 76.2 Å². The van der Waals surface area contributed by atoms with Gasteiger partial charge in [0.05, 0.1) is 0 Å². The number of hydrogen-bond donors (Lipinski definition) is 0. The van der Waals surface area contributed by atoms with Crippen LogP contribution < -0.4 is 0 Å². The van der Waals surface area contributed by atoms with Crippen molar-refractivity contribution in [2.75, 3.05) is 0 Å². The van der Waals surface area contributed by atoms with Crippen molar-refractivity contribution < 1.29 is 13.9 Å². The van der Waals surface area contributed by atoms with Gasteiger partial charge in [-0.2, -0.15) is 0 Å². The molecule has 0 bridgehead atoms. The van der Waals surface area contributed by atoms with E-state index in [1.807, 2.05) is 0 Å². The summed E-state index contributed by atoms with van der Waals surface area (Å²) in [5.74, 6) is -0.884. The highest BCUT2D eigenvalue weighted by atomic mass is 35.5. The van der Waals surface area contributed by atoms with E-state index in [2.05, 4.69) is 4.99 Å². The highest BCUT2D eigenvalue weighted by molar-refractivity contribution is 6.30. The zero-order valence-electron chi connectivity index (χ0n) is 10.7. The number of rotatable bonds is 2. The Kier molecular flexibility index (Phi) is 3.54. The summed E-state index contributed by atoms with van der Waals surface area (Å²) in [6, 6.07) is 12.7. The van der Waals surface area contributed by atoms with E-state index in [1.165, 1.54) is 18.2 Å². The van der Waals surface area contributed by atoms with Gasteiger partial charge in [0.2, 0.25) is 5.90 Å². The van der Waals surface area contributed by atoms with Crippen molar-refractivity contribution in [2.45, 2.75) is 0 Å². The van der Waals surface area contributed by atoms with Gasteiger partial charge in [-0.3, -0.25) is 0 Å². The van der Waals surface area contributed by atoms with Gasteiger partial charge < -0.3 is 4.74 Å². The lowest BCUT2D eigenvalue weighted by molar-refractivity contribution is -0.129. The SMILES string of the molecule is O=C1OC(c2cccc(F)c2)=N/C1=C/c1ccc(Cl)cc1. The quantitative estimate of drug-likeness (QED) is 0.625. The molecule has 0 aliphatic carbocycles. The van der Waals surface area contributed by atoms with Crippen molar-refractivity contribution >= 4 is 29.5 Å². The molecule has 1 heterocycles. The van der Waals surface area contributed by atoms with E-state index in [4.69, 9.17) is 16.3 Å². The maximum Gasteiger partial charge on any atom is 0.363 e. The van der Waals surface area contributed by atoms with Gasteiger partial charge in [0.25, 0.3) is 0 Å². The molecule has 3 rings (SSSR count). The third-order valence-electron chi connectivity index (χ3n) is 2.87. The first-order valence-corrected chi connectivity index (χ1v) is 6.54. The third kappa shape index (κ3) is 3.01. The Morgan fingerprint density at radius 3 is 2.62 bits per heavy atom. The van der Waals surface area contributed by atoms with Gasteiger partial charge in [0.1, 0.15) is 5.82 Å². The van der Waals surface area contributed by atoms with Crippen LogP contribution in [-0.2, 0) is 9.53 Å². The first-order chi connectivity index (χ1) is 10.1. The monoisotopic (exact) mass is 301 g/mol.